The second kappa shape index (κ2) is 5.06. The number of pyridine rings is 1. The molecular formula is C17H12ClNO. The minimum atomic E-state index is -0.0366. The fraction of sp³-hybridized carbons (Fsp3) is 0.0588. The van der Waals surface area contributed by atoms with Crippen molar-refractivity contribution in [3.05, 3.63) is 76.6 Å². The lowest BCUT2D eigenvalue weighted by Crippen LogP contribution is -2.02. The Morgan fingerprint density at radius 2 is 2.00 bits per heavy atom. The number of carbonyl (C=O) groups is 1. The summed E-state index contributed by atoms with van der Waals surface area (Å²) in [6, 6.07) is 12.9. The lowest BCUT2D eigenvalue weighted by atomic mass is 9.98. The van der Waals surface area contributed by atoms with Gasteiger partial charge in [0, 0.05) is 33.9 Å². The van der Waals surface area contributed by atoms with Crippen molar-refractivity contribution >= 4 is 28.2 Å². The number of nitrogens with zero attached hydrogens (tertiary/aromatic N) is 1. The van der Waals surface area contributed by atoms with Crippen LogP contribution < -0.4 is 0 Å². The number of hydrogen-bond donors (Lipinski definition) is 0. The molecule has 0 radical (unpaired) electrons. The molecule has 0 aliphatic heterocycles. The zero-order chi connectivity index (χ0) is 14.1. The zero-order valence-electron chi connectivity index (χ0n) is 10.9. The maximum absolute atomic E-state index is 12.6. The van der Waals surface area contributed by atoms with Gasteiger partial charge in [0.15, 0.2) is 5.78 Å². The summed E-state index contributed by atoms with van der Waals surface area (Å²) in [6.07, 6.45) is 3.44. The van der Waals surface area contributed by atoms with Gasteiger partial charge in [0.05, 0.1) is 0 Å². The number of aryl methyl sites for hydroxylation is 1. The van der Waals surface area contributed by atoms with E-state index in [0.717, 1.165) is 16.3 Å². The first-order chi connectivity index (χ1) is 9.66. The summed E-state index contributed by atoms with van der Waals surface area (Å²) in [5.74, 6) is -0.0366. The Kier molecular flexibility index (Phi) is 3.25. The topological polar surface area (TPSA) is 30.0 Å². The molecule has 1 heterocycles. The molecule has 0 spiro atoms. The standard InChI is InChI=1S/C17H12ClNO/c1-11-5-6-13(9-16(11)18)17(20)14-4-2-3-12-7-8-19-10-15(12)14/h2-10H,1H3. The minimum absolute atomic E-state index is 0.0366. The number of carbonyl (C=O) groups excluding carboxylic acids is 1. The van der Waals surface area contributed by atoms with E-state index in [2.05, 4.69) is 4.98 Å². The largest absolute Gasteiger partial charge is 0.289 e. The summed E-state index contributed by atoms with van der Waals surface area (Å²) in [5.41, 5.74) is 2.20. The Labute approximate surface area is 122 Å². The number of halogens is 1. The van der Waals surface area contributed by atoms with Crippen LogP contribution in [0.5, 0.6) is 0 Å². The average molecular weight is 282 g/mol. The molecular weight excluding hydrogens is 270 g/mol. The van der Waals surface area contributed by atoms with E-state index in [1.54, 1.807) is 24.5 Å². The molecule has 0 atom stereocenters. The monoisotopic (exact) mass is 281 g/mol. The van der Waals surface area contributed by atoms with Crippen LogP contribution in [0, 0.1) is 6.92 Å². The molecule has 98 valence electrons. The summed E-state index contributed by atoms with van der Waals surface area (Å²) in [4.78, 5) is 16.7. The molecule has 2 aromatic carbocycles. The number of ketones is 1. The van der Waals surface area contributed by atoms with Gasteiger partial charge >= 0.3 is 0 Å². The first-order valence-corrected chi connectivity index (χ1v) is 6.68. The summed E-state index contributed by atoms with van der Waals surface area (Å²) in [7, 11) is 0. The zero-order valence-corrected chi connectivity index (χ0v) is 11.7. The van der Waals surface area contributed by atoms with Crippen molar-refractivity contribution in [1.29, 1.82) is 0 Å². The first kappa shape index (κ1) is 12.8. The van der Waals surface area contributed by atoms with Gasteiger partial charge in [0.1, 0.15) is 0 Å². The fourth-order valence-electron chi connectivity index (χ4n) is 2.20. The van der Waals surface area contributed by atoms with Gasteiger partial charge in [-0.25, -0.2) is 0 Å². The summed E-state index contributed by atoms with van der Waals surface area (Å²) < 4.78 is 0. The highest BCUT2D eigenvalue weighted by Gasteiger charge is 2.13. The van der Waals surface area contributed by atoms with E-state index in [4.69, 9.17) is 11.6 Å². The van der Waals surface area contributed by atoms with Crippen LogP contribution in [0.3, 0.4) is 0 Å². The Morgan fingerprint density at radius 3 is 2.80 bits per heavy atom. The summed E-state index contributed by atoms with van der Waals surface area (Å²) >= 11 is 6.10. The first-order valence-electron chi connectivity index (χ1n) is 6.30. The van der Waals surface area contributed by atoms with Crippen molar-refractivity contribution in [3.63, 3.8) is 0 Å². The van der Waals surface area contributed by atoms with Crippen molar-refractivity contribution in [2.45, 2.75) is 6.92 Å². The van der Waals surface area contributed by atoms with Crippen LogP contribution in [-0.2, 0) is 0 Å². The number of benzene rings is 2. The molecule has 0 N–H and O–H groups in total. The van der Waals surface area contributed by atoms with Crippen molar-refractivity contribution < 1.29 is 4.79 Å². The molecule has 0 fully saturated rings. The molecule has 0 saturated carbocycles. The molecule has 0 saturated heterocycles. The van der Waals surface area contributed by atoms with Crippen LogP contribution in [0.2, 0.25) is 5.02 Å². The van der Waals surface area contributed by atoms with Crippen LogP contribution in [0.1, 0.15) is 21.5 Å². The number of fused-ring (bicyclic) bond motifs is 1. The normalized spacial score (nSPS) is 10.7. The Bertz CT molecular complexity index is 806. The number of hydrogen-bond acceptors (Lipinski definition) is 2. The van der Waals surface area contributed by atoms with Crippen molar-refractivity contribution in [2.75, 3.05) is 0 Å². The van der Waals surface area contributed by atoms with Gasteiger partial charge < -0.3 is 0 Å². The second-order valence-corrected chi connectivity index (χ2v) is 5.10. The van der Waals surface area contributed by atoms with E-state index in [9.17, 15) is 4.79 Å². The molecule has 1 aromatic heterocycles. The molecule has 0 aliphatic rings. The summed E-state index contributed by atoms with van der Waals surface area (Å²) in [5, 5.41) is 2.47. The van der Waals surface area contributed by atoms with Gasteiger partial charge in [-0.1, -0.05) is 41.9 Å². The smallest absolute Gasteiger partial charge is 0.193 e. The van der Waals surface area contributed by atoms with Crippen molar-refractivity contribution in [1.82, 2.24) is 4.98 Å². The van der Waals surface area contributed by atoms with Crippen LogP contribution in [0.15, 0.2) is 54.9 Å². The lowest BCUT2D eigenvalue weighted by Gasteiger charge is -2.06. The Morgan fingerprint density at radius 1 is 1.15 bits per heavy atom. The van der Waals surface area contributed by atoms with Gasteiger partial charge in [-0.15, -0.1) is 0 Å². The highest BCUT2D eigenvalue weighted by Crippen LogP contribution is 2.23. The van der Waals surface area contributed by atoms with Crippen LogP contribution >= 0.6 is 11.6 Å². The van der Waals surface area contributed by atoms with E-state index in [1.165, 1.54) is 0 Å². The van der Waals surface area contributed by atoms with Gasteiger partial charge in [0.2, 0.25) is 0 Å². The average Bonchev–Trinajstić information content (AvgIpc) is 2.49. The van der Waals surface area contributed by atoms with E-state index >= 15 is 0 Å². The Balaban J connectivity index is 2.15. The number of aromatic nitrogens is 1. The van der Waals surface area contributed by atoms with Gasteiger partial charge in [-0.3, -0.25) is 9.78 Å². The SMILES string of the molecule is Cc1ccc(C(=O)c2cccc3ccncc23)cc1Cl. The van der Waals surface area contributed by atoms with Crippen LogP contribution in [0.25, 0.3) is 10.8 Å². The predicted molar refractivity (Wildman–Crippen MR) is 81.4 cm³/mol. The second-order valence-electron chi connectivity index (χ2n) is 4.70. The molecule has 20 heavy (non-hydrogen) atoms. The van der Waals surface area contributed by atoms with E-state index in [1.807, 2.05) is 37.3 Å². The summed E-state index contributed by atoms with van der Waals surface area (Å²) in [6.45, 7) is 1.92. The molecule has 3 aromatic rings. The minimum Gasteiger partial charge on any atom is -0.289 e. The van der Waals surface area contributed by atoms with Gasteiger partial charge in [-0.2, -0.15) is 0 Å². The third-order valence-electron chi connectivity index (χ3n) is 3.36. The number of rotatable bonds is 2. The van der Waals surface area contributed by atoms with Crippen molar-refractivity contribution in [2.24, 2.45) is 0 Å². The quantitative estimate of drug-likeness (QED) is 0.651. The maximum atomic E-state index is 12.6. The molecule has 0 aliphatic carbocycles. The molecule has 0 unspecified atom stereocenters. The lowest BCUT2D eigenvalue weighted by molar-refractivity contribution is 0.104. The van der Waals surface area contributed by atoms with Crippen molar-refractivity contribution in [3.8, 4) is 0 Å². The molecule has 0 amide bonds. The van der Waals surface area contributed by atoms with Gasteiger partial charge in [-0.05, 0) is 30.0 Å². The van der Waals surface area contributed by atoms with E-state index in [0.29, 0.717) is 16.1 Å². The fourth-order valence-corrected chi connectivity index (χ4v) is 2.38. The van der Waals surface area contributed by atoms with Crippen LogP contribution in [-0.4, -0.2) is 10.8 Å². The maximum Gasteiger partial charge on any atom is 0.193 e. The van der Waals surface area contributed by atoms with Gasteiger partial charge in [0.25, 0.3) is 0 Å². The third kappa shape index (κ3) is 2.19. The third-order valence-corrected chi connectivity index (χ3v) is 3.77. The molecule has 3 heteroatoms. The molecule has 0 bridgehead atoms. The predicted octanol–water partition coefficient (Wildman–Crippen LogP) is 4.43. The Hall–Kier alpha value is -2.19. The van der Waals surface area contributed by atoms with Crippen LogP contribution in [0.4, 0.5) is 0 Å². The molecule has 2 nitrogen and oxygen atoms in total. The van der Waals surface area contributed by atoms with E-state index < -0.39 is 0 Å². The highest BCUT2D eigenvalue weighted by atomic mass is 35.5. The molecule has 3 rings (SSSR count). The highest BCUT2D eigenvalue weighted by molar-refractivity contribution is 6.32. The van der Waals surface area contributed by atoms with E-state index in [-0.39, 0.29) is 5.78 Å².